The van der Waals surface area contributed by atoms with Gasteiger partial charge < -0.3 is 24.6 Å². The second-order valence-corrected chi connectivity index (χ2v) is 6.10. The summed E-state index contributed by atoms with van der Waals surface area (Å²) in [6, 6.07) is 2.09. The van der Waals surface area contributed by atoms with Gasteiger partial charge in [-0.25, -0.2) is 0 Å². The van der Waals surface area contributed by atoms with Gasteiger partial charge >= 0.3 is 0 Å². The first-order valence-corrected chi connectivity index (χ1v) is 8.00. The van der Waals surface area contributed by atoms with E-state index in [0.717, 1.165) is 35.8 Å². The number of rotatable bonds is 2. The number of hydrogen-bond acceptors (Lipinski definition) is 5. The van der Waals surface area contributed by atoms with Gasteiger partial charge in [0.05, 0.1) is 31.9 Å². The topological polar surface area (TPSA) is 60.0 Å². The fourth-order valence-electron chi connectivity index (χ4n) is 3.67. The highest BCUT2D eigenvalue weighted by Crippen LogP contribution is 2.50. The quantitative estimate of drug-likeness (QED) is 0.877. The number of nitrogens with one attached hydrogen (secondary N) is 1. The largest absolute Gasteiger partial charge is 0.493 e. The minimum atomic E-state index is -0.384. The number of fused-ring (bicyclic) bond motifs is 4. The van der Waals surface area contributed by atoms with Gasteiger partial charge in [-0.15, -0.1) is 0 Å². The highest BCUT2D eigenvalue weighted by Gasteiger charge is 2.37. The van der Waals surface area contributed by atoms with E-state index in [9.17, 15) is 5.11 Å². The first-order valence-electron chi connectivity index (χ1n) is 8.00. The maximum Gasteiger partial charge on any atom is 0.172 e. The molecule has 2 atom stereocenters. The maximum absolute atomic E-state index is 10.1. The van der Waals surface area contributed by atoms with E-state index in [0.29, 0.717) is 18.6 Å². The van der Waals surface area contributed by atoms with Crippen LogP contribution >= 0.6 is 0 Å². The van der Waals surface area contributed by atoms with E-state index in [1.165, 1.54) is 11.1 Å². The van der Waals surface area contributed by atoms with Crippen LogP contribution in [-0.2, 0) is 11.2 Å². The number of aliphatic hydroxyl groups excluding tert-OH is 1. The van der Waals surface area contributed by atoms with Crippen molar-refractivity contribution in [2.45, 2.75) is 31.4 Å². The summed E-state index contributed by atoms with van der Waals surface area (Å²) >= 11 is 0. The number of hydrogen-bond donors (Lipinski definition) is 2. The molecule has 0 aromatic heterocycles. The van der Waals surface area contributed by atoms with Crippen molar-refractivity contribution in [2.24, 2.45) is 0 Å². The van der Waals surface area contributed by atoms with Gasteiger partial charge in [0.1, 0.15) is 11.5 Å². The zero-order valence-electron chi connectivity index (χ0n) is 13.4. The average Bonchev–Trinajstić information content (AvgIpc) is 2.57. The molecule has 3 heterocycles. The normalized spacial score (nSPS) is 29.7. The molecule has 2 N–H and O–H groups in total. The highest BCUT2D eigenvalue weighted by atomic mass is 16.5. The van der Waals surface area contributed by atoms with E-state index < -0.39 is 0 Å². The first-order chi connectivity index (χ1) is 11.2. The molecule has 122 valence electrons. The Balaban J connectivity index is 2.01. The van der Waals surface area contributed by atoms with Gasteiger partial charge in [-0.1, -0.05) is 0 Å². The van der Waals surface area contributed by atoms with E-state index in [4.69, 9.17) is 14.2 Å². The van der Waals surface area contributed by atoms with Gasteiger partial charge in [-0.05, 0) is 48.6 Å². The summed E-state index contributed by atoms with van der Waals surface area (Å²) in [6.07, 6.45) is 5.69. The summed E-state index contributed by atoms with van der Waals surface area (Å²) in [4.78, 5) is 0. The molecule has 2 bridgehead atoms. The van der Waals surface area contributed by atoms with Crippen molar-refractivity contribution >= 4 is 5.76 Å². The maximum atomic E-state index is 10.1. The molecule has 0 saturated carbocycles. The van der Waals surface area contributed by atoms with Crippen LogP contribution in [0, 0.1) is 0 Å². The second-order valence-electron chi connectivity index (χ2n) is 6.10. The molecular formula is C18H21NO4. The van der Waals surface area contributed by atoms with E-state index >= 15 is 0 Å². The lowest BCUT2D eigenvalue weighted by Gasteiger charge is -2.37. The van der Waals surface area contributed by atoms with Crippen molar-refractivity contribution in [1.82, 2.24) is 5.32 Å². The highest BCUT2D eigenvalue weighted by molar-refractivity contribution is 5.77. The van der Waals surface area contributed by atoms with Crippen LogP contribution in [-0.4, -0.2) is 32.0 Å². The fourth-order valence-corrected chi connectivity index (χ4v) is 3.67. The first kappa shape index (κ1) is 14.6. The van der Waals surface area contributed by atoms with Gasteiger partial charge in [0.15, 0.2) is 11.5 Å². The minimum absolute atomic E-state index is 0.0102. The van der Waals surface area contributed by atoms with Gasteiger partial charge in [0.25, 0.3) is 0 Å². The third kappa shape index (κ3) is 2.23. The van der Waals surface area contributed by atoms with E-state index in [1.54, 1.807) is 14.2 Å². The third-order valence-electron chi connectivity index (χ3n) is 4.75. The summed E-state index contributed by atoms with van der Waals surface area (Å²) in [5.74, 6) is 3.04. The Labute approximate surface area is 135 Å². The zero-order valence-corrected chi connectivity index (χ0v) is 13.4. The monoisotopic (exact) mass is 315 g/mol. The molecule has 0 spiro atoms. The molecule has 0 saturated heterocycles. The second kappa shape index (κ2) is 5.58. The molecule has 3 aliphatic rings. The molecule has 3 aliphatic heterocycles. The van der Waals surface area contributed by atoms with Crippen LogP contribution in [0.1, 0.15) is 35.6 Å². The van der Waals surface area contributed by atoms with Gasteiger partial charge in [0, 0.05) is 6.54 Å². The van der Waals surface area contributed by atoms with Crippen molar-refractivity contribution in [3.63, 3.8) is 0 Å². The Kier molecular flexibility index (Phi) is 3.54. The Bertz CT molecular complexity index is 707. The molecule has 4 rings (SSSR count). The predicted molar refractivity (Wildman–Crippen MR) is 86.4 cm³/mol. The number of ether oxygens (including phenoxy) is 3. The van der Waals surface area contributed by atoms with Crippen molar-refractivity contribution in [3.8, 4) is 11.5 Å². The Morgan fingerprint density at radius 2 is 2.04 bits per heavy atom. The zero-order chi connectivity index (χ0) is 16.0. The van der Waals surface area contributed by atoms with Crippen LogP contribution in [0.5, 0.6) is 11.5 Å². The average molecular weight is 315 g/mol. The summed E-state index contributed by atoms with van der Waals surface area (Å²) < 4.78 is 17.3. The number of aliphatic hydroxyl groups is 1. The Morgan fingerprint density at radius 1 is 1.22 bits per heavy atom. The van der Waals surface area contributed by atoms with Crippen molar-refractivity contribution in [1.29, 1.82) is 0 Å². The van der Waals surface area contributed by atoms with E-state index in [1.807, 2.05) is 12.2 Å². The van der Waals surface area contributed by atoms with Crippen molar-refractivity contribution in [2.75, 3.05) is 20.8 Å². The van der Waals surface area contributed by atoms with E-state index in [2.05, 4.69) is 11.4 Å². The van der Waals surface area contributed by atoms with Crippen LogP contribution in [0.4, 0.5) is 0 Å². The molecule has 1 aromatic rings. The minimum Gasteiger partial charge on any atom is -0.493 e. The van der Waals surface area contributed by atoms with Gasteiger partial charge in [0.2, 0.25) is 0 Å². The lowest BCUT2D eigenvalue weighted by Crippen LogP contribution is -2.35. The summed E-state index contributed by atoms with van der Waals surface area (Å²) in [7, 11) is 3.30. The standard InChI is InChI=1S/C18H21NO4/c1-21-14-9-10-7-8-19-17-13-6-4-11(20)3-5-12(23-13)16(15(10)17)18(14)22-2/h5-6,9,11,17,19-20H,3-4,7-8H2,1-2H3/b12-5-,13-6-/t11-,17+/m0/s1. The van der Waals surface area contributed by atoms with E-state index in [-0.39, 0.29) is 12.1 Å². The van der Waals surface area contributed by atoms with Crippen LogP contribution in [0.2, 0.25) is 0 Å². The molecule has 0 unspecified atom stereocenters. The molecule has 5 nitrogen and oxygen atoms in total. The molecule has 0 aliphatic carbocycles. The lowest BCUT2D eigenvalue weighted by atomic mass is 9.84. The number of methoxy groups -OCH3 is 2. The molecular weight excluding hydrogens is 294 g/mol. The Morgan fingerprint density at radius 3 is 2.83 bits per heavy atom. The smallest absolute Gasteiger partial charge is 0.172 e. The van der Waals surface area contributed by atoms with Crippen LogP contribution in [0.25, 0.3) is 5.76 Å². The van der Waals surface area contributed by atoms with Crippen LogP contribution < -0.4 is 14.8 Å². The third-order valence-corrected chi connectivity index (χ3v) is 4.75. The van der Waals surface area contributed by atoms with Crippen molar-refractivity contribution < 1.29 is 19.3 Å². The summed E-state index contributed by atoms with van der Waals surface area (Å²) in [6.45, 7) is 0.884. The molecule has 0 amide bonds. The van der Waals surface area contributed by atoms with Crippen LogP contribution in [0.15, 0.2) is 24.0 Å². The van der Waals surface area contributed by atoms with Gasteiger partial charge in [-0.2, -0.15) is 0 Å². The number of benzene rings is 1. The molecule has 1 aromatic carbocycles. The summed E-state index contributed by atoms with van der Waals surface area (Å²) in [5, 5.41) is 13.6. The molecule has 0 radical (unpaired) electrons. The predicted octanol–water partition coefficient (Wildman–Crippen LogP) is 2.30. The molecule has 5 heteroatoms. The summed E-state index contributed by atoms with van der Waals surface area (Å²) in [5.41, 5.74) is 3.43. The van der Waals surface area contributed by atoms with Crippen molar-refractivity contribution in [3.05, 3.63) is 40.7 Å². The van der Waals surface area contributed by atoms with Crippen LogP contribution in [0.3, 0.4) is 0 Å². The van der Waals surface area contributed by atoms with Gasteiger partial charge in [-0.3, -0.25) is 0 Å². The molecule has 0 fully saturated rings. The molecule has 23 heavy (non-hydrogen) atoms. The fraction of sp³-hybridized carbons (Fsp3) is 0.444. The lowest BCUT2D eigenvalue weighted by molar-refractivity contribution is 0.174. The SMILES string of the molecule is COc1cc2c3c(c1OC)/C1=C/C[C@H](O)C/C=C(\O1)[C@H]3NCC2. The Hall–Kier alpha value is -1.98.